The van der Waals surface area contributed by atoms with Gasteiger partial charge in [-0.2, -0.15) is 34.5 Å². The monoisotopic (exact) mass is 1300 g/mol. The van der Waals surface area contributed by atoms with E-state index in [0.29, 0.717) is 17.0 Å². The molecule has 2 aromatic carbocycles. The summed E-state index contributed by atoms with van der Waals surface area (Å²) in [5.74, 6) is 2.49. The van der Waals surface area contributed by atoms with Gasteiger partial charge in [-0.3, -0.25) is 0 Å². The van der Waals surface area contributed by atoms with Crippen molar-refractivity contribution >= 4 is 0 Å². The van der Waals surface area contributed by atoms with Crippen LogP contribution in [0, 0.1) is 83.5 Å². The van der Waals surface area contributed by atoms with Gasteiger partial charge in [-0.25, -0.2) is 8.78 Å². The van der Waals surface area contributed by atoms with Gasteiger partial charge in [0.15, 0.2) is 23.1 Å². The second-order valence-electron chi connectivity index (χ2n) is 20.9. The Labute approximate surface area is 448 Å². The van der Waals surface area contributed by atoms with Crippen molar-refractivity contribution in [3.05, 3.63) is 71.5 Å². The third-order valence-electron chi connectivity index (χ3n) is 15.8. The molecule has 0 spiro atoms. The Kier molecular flexibility index (Phi) is 41.9. The topological polar surface area (TPSA) is 40.5 Å². The molecule has 6 aliphatic rings. The third-order valence-corrected chi connectivity index (χ3v) is 15.8. The van der Waals surface area contributed by atoms with Crippen LogP contribution in [-0.2, 0) is 42.1 Å². The molecule has 0 aliphatic heterocycles. The van der Waals surface area contributed by atoms with Gasteiger partial charge in [-0.1, -0.05) is 174 Å². The van der Waals surface area contributed by atoms with Crippen LogP contribution in [0.5, 0.6) is 11.5 Å². The number of benzene rings is 2. The second kappa shape index (κ2) is 38.7. The quantitative estimate of drug-likeness (QED) is 0.224. The molecule has 6 aliphatic carbocycles. The second-order valence-corrected chi connectivity index (χ2v) is 20.9. The largest absolute Gasteiger partial charge is 0.505 e. The number of hydrogen-bond donors (Lipinski definition) is 2. The van der Waals surface area contributed by atoms with Crippen LogP contribution in [0.4, 0.5) is 17.6 Å². The molecule has 6 saturated carbocycles. The molecule has 0 heterocycles. The van der Waals surface area contributed by atoms with E-state index in [1.807, 2.05) is 0 Å². The van der Waals surface area contributed by atoms with Crippen molar-refractivity contribution in [3.63, 3.8) is 0 Å². The van der Waals surface area contributed by atoms with Crippen LogP contribution in [0.2, 0.25) is 0 Å². The summed E-state index contributed by atoms with van der Waals surface area (Å²) < 4.78 is 54.4. The molecule has 400 valence electrons. The molecular weight excluding hydrogens is 1200 g/mol. The van der Waals surface area contributed by atoms with Crippen LogP contribution >= 0.6 is 0 Å². The maximum absolute atomic E-state index is 14.0. The smallest absolute Gasteiger partial charge is 0.200 e. The summed E-state index contributed by atoms with van der Waals surface area (Å²) in [7, 11) is 0. The average molecular weight is 1300 g/mol. The standard InChI is InChI=1S/C20H28F2O.C14H25.C13H16F2O.C7H13.6CH4.2W/c1-13-2-4-14(5-3-13)12-15-6-8-16(9-7-15)17-10-11-18(23)20(22)19(17)21;1-12-7-9-14(10-8-12)11-13-5-3-2-4-6-13;1-8-2-4-9(5-3-8)10-6-7-11(16)13(15)12(10)14;1-7-5-3-2-4-6-7;;;;;;;;/h10-11,13-16,23H,2-9,12H2,1H3;2,12-14H,3-11H2,1H3;6-9,16H,2-5H2,1H3;2,7H,3-6H2,1H3;6*1H4;;/q;-1;;-1;;;;;;;;. The summed E-state index contributed by atoms with van der Waals surface area (Å²) in [6.07, 6.45) is 38.8. The Balaban J connectivity index is -0.000000408. The van der Waals surface area contributed by atoms with E-state index in [2.05, 4.69) is 40.5 Å². The van der Waals surface area contributed by atoms with E-state index in [9.17, 15) is 22.7 Å². The van der Waals surface area contributed by atoms with E-state index in [-0.39, 0.29) is 98.5 Å². The fraction of sp³-hybridized carbons (Fsp3) is 0.767. The van der Waals surface area contributed by atoms with Crippen LogP contribution in [0.15, 0.2) is 24.3 Å². The molecule has 8 rings (SSSR count). The summed E-state index contributed by atoms with van der Waals surface area (Å²) in [6.45, 7) is 9.30. The van der Waals surface area contributed by atoms with Gasteiger partial charge in [0.1, 0.15) is 0 Å². The van der Waals surface area contributed by atoms with Crippen LogP contribution in [0.25, 0.3) is 0 Å². The van der Waals surface area contributed by atoms with E-state index in [0.717, 1.165) is 92.8 Å². The first-order valence-electron chi connectivity index (χ1n) is 24.8. The van der Waals surface area contributed by atoms with Crippen LogP contribution < -0.4 is 0 Å². The molecular formula is C60H106F4O2W2-2. The summed E-state index contributed by atoms with van der Waals surface area (Å²) >= 11 is 0. The SMILES string of the molecule is C.C.C.C.C.C.CC1CCC(CC2CCC(c3ccc(O)c(F)c3F)CC2)CC1.CC1CCC(CC2CC[CH-]CC2)CC1.CC1CCC(c2ccc(O)c(F)c2F)CC1.CC1CC[CH-]CC1.[W].[W]. The normalized spacial score (nSPS) is 26.8. The molecule has 2 N–H and O–H groups in total. The Morgan fingerprint density at radius 1 is 0.368 bits per heavy atom. The Bertz CT molecular complexity index is 1510. The molecule has 0 amide bonds. The van der Waals surface area contributed by atoms with Gasteiger partial charge in [0.05, 0.1) is 0 Å². The number of halogens is 4. The fourth-order valence-corrected chi connectivity index (χ4v) is 11.4. The minimum absolute atomic E-state index is 0. The zero-order chi connectivity index (χ0) is 43.0. The Morgan fingerprint density at radius 3 is 0.926 bits per heavy atom. The molecule has 0 unspecified atom stereocenters. The predicted molar refractivity (Wildman–Crippen MR) is 281 cm³/mol. The minimum Gasteiger partial charge on any atom is -0.505 e. The number of rotatable bonds is 6. The molecule has 6 fully saturated rings. The van der Waals surface area contributed by atoms with E-state index in [1.165, 1.54) is 127 Å². The molecule has 2 nitrogen and oxygen atoms in total. The van der Waals surface area contributed by atoms with Gasteiger partial charge in [-0.15, -0.1) is 0 Å². The van der Waals surface area contributed by atoms with Gasteiger partial charge in [-0.05, 0) is 134 Å². The van der Waals surface area contributed by atoms with Crippen molar-refractivity contribution in [1.29, 1.82) is 0 Å². The fourth-order valence-electron chi connectivity index (χ4n) is 11.4. The zero-order valence-corrected chi connectivity index (χ0v) is 44.7. The van der Waals surface area contributed by atoms with E-state index < -0.39 is 34.8 Å². The number of phenols is 2. The molecule has 0 radical (unpaired) electrons. The maximum atomic E-state index is 14.0. The first kappa shape index (κ1) is 73.7. The van der Waals surface area contributed by atoms with Gasteiger partial charge in [0.2, 0.25) is 11.6 Å². The van der Waals surface area contributed by atoms with Crippen molar-refractivity contribution in [2.45, 2.75) is 251 Å². The Hall–Kier alpha value is -0.863. The van der Waals surface area contributed by atoms with Crippen LogP contribution in [0.1, 0.15) is 262 Å². The molecule has 68 heavy (non-hydrogen) atoms. The van der Waals surface area contributed by atoms with E-state index in [4.69, 9.17) is 5.11 Å². The molecule has 0 atom stereocenters. The third kappa shape index (κ3) is 24.2. The van der Waals surface area contributed by atoms with E-state index in [1.54, 1.807) is 12.5 Å². The molecule has 8 heteroatoms. The van der Waals surface area contributed by atoms with Gasteiger partial charge < -0.3 is 23.1 Å². The number of aromatic hydroxyl groups is 2. The average Bonchev–Trinajstić information content (AvgIpc) is 3.26. The van der Waals surface area contributed by atoms with Crippen molar-refractivity contribution in [2.24, 2.45) is 47.3 Å². The molecule has 0 aromatic heterocycles. The van der Waals surface area contributed by atoms with Crippen LogP contribution in [0.3, 0.4) is 0 Å². The van der Waals surface area contributed by atoms with Gasteiger partial charge in [0.25, 0.3) is 0 Å². The van der Waals surface area contributed by atoms with Crippen molar-refractivity contribution in [2.75, 3.05) is 0 Å². The molecule has 0 saturated heterocycles. The van der Waals surface area contributed by atoms with E-state index >= 15 is 0 Å². The van der Waals surface area contributed by atoms with Gasteiger partial charge >= 0.3 is 0 Å². The summed E-state index contributed by atoms with van der Waals surface area (Å²) in [4.78, 5) is 0. The zero-order valence-electron chi connectivity index (χ0n) is 38.8. The number of phenolic OH excluding ortho intramolecular Hbond substituents is 2. The first-order chi connectivity index (χ1) is 28.9. The maximum Gasteiger partial charge on any atom is 0.200 e. The molecule has 2 aromatic rings. The summed E-state index contributed by atoms with van der Waals surface area (Å²) in [5, 5.41) is 18.3. The summed E-state index contributed by atoms with van der Waals surface area (Å²) in [6, 6.07) is 5.59. The Morgan fingerprint density at radius 2 is 0.618 bits per heavy atom. The van der Waals surface area contributed by atoms with Crippen molar-refractivity contribution in [3.8, 4) is 11.5 Å². The van der Waals surface area contributed by atoms with Crippen molar-refractivity contribution in [1.82, 2.24) is 0 Å². The number of hydrogen-bond acceptors (Lipinski definition) is 2. The summed E-state index contributed by atoms with van der Waals surface area (Å²) in [5.41, 5.74) is 0.868. The van der Waals surface area contributed by atoms with Gasteiger partial charge in [0, 0.05) is 42.1 Å². The first-order valence-corrected chi connectivity index (χ1v) is 24.8. The van der Waals surface area contributed by atoms with Crippen LogP contribution in [-0.4, -0.2) is 10.2 Å². The minimum atomic E-state index is -1.11. The predicted octanol–water partition coefficient (Wildman–Crippen LogP) is 20.9. The van der Waals surface area contributed by atoms with Crippen molar-refractivity contribution < 1.29 is 69.9 Å². The molecule has 0 bridgehead atoms.